The second kappa shape index (κ2) is 13.0. The fourth-order valence-electron chi connectivity index (χ4n) is 2.25. The molecule has 0 aliphatic carbocycles. The summed E-state index contributed by atoms with van der Waals surface area (Å²) in [7, 11) is 1.69. The Kier molecular flexibility index (Phi) is 11.5. The monoisotopic (exact) mass is 524 g/mol. The molecular weight excluding hydrogens is 502 g/mol. The van der Waals surface area contributed by atoms with Crippen LogP contribution < -0.4 is 15.4 Å². The van der Waals surface area contributed by atoms with Gasteiger partial charge in [0.2, 0.25) is 5.88 Å². The standard InChI is InChI=1S/C18H22ClFN4OS.HI/c1-21-18(23-8-9-25-17-16(19)4-3-7-22-17)24-11-13-5-6-15(20)10-14(13)12-26-2;/h3-7,10H,8-9,11-12H2,1-2H3,(H2,21,23,24);1H. The van der Waals surface area contributed by atoms with Crippen molar-refractivity contribution in [3.8, 4) is 5.88 Å². The smallest absolute Gasteiger partial charge is 0.232 e. The van der Waals surface area contributed by atoms with Crippen molar-refractivity contribution in [2.24, 2.45) is 4.99 Å². The summed E-state index contributed by atoms with van der Waals surface area (Å²) in [6, 6.07) is 8.33. The zero-order valence-electron chi connectivity index (χ0n) is 15.2. The molecule has 0 atom stereocenters. The summed E-state index contributed by atoms with van der Waals surface area (Å²) in [5.41, 5.74) is 2.02. The summed E-state index contributed by atoms with van der Waals surface area (Å²) >= 11 is 7.65. The summed E-state index contributed by atoms with van der Waals surface area (Å²) in [4.78, 5) is 8.24. The van der Waals surface area contributed by atoms with E-state index in [9.17, 15) is 4.39 Å². The van der Waals surface area contributed by atoms with E-state index >= 15 is 0 Å². The van der Waals surface area contributed by atoms with E-state index in [1.54, 1.807) is 49.3 Å². The molecule has 1 aromatic heterocycles. The van der Waals surface area contributed by atoms with Crippen LogP contribution in [-0.2, 0) is 12.3 Å². The SMILES string of the molecule is CN=C(NCCOc1ncccc1Cl)NCc1ccc(F)cc1CSC.I. The lowest BCUT2D eigenvalue weighted by atomic mass is 10.1. The molecule has 9 heteroatoms. The Hall–Kier alpha value is -1.26. The van der Waals surface area contributed by atoms with Gasteiger partial charge in [0, 0.05) is 25.5 Å². The third-order valence-electron chi connectivity index (χ3n) is 3.50. The van der Waals surface area contributed by atoms with E-state index in [4.69, 9.17) is 16.3 Å². The average Bonchev–Trinajstić information content (AvgIpc) is 2.64. The number of nitrogens with zero attached hydrogens (tertiary/aromatic N) is 2. The van der Waals surface area contributed by atoms with Gasteiger partial charge in [-0.25, -0.2) is 9.37 Å². The van der Waals surface area contributed by atoms with Gasteiger partial charge in [-0.1, -0.05) is 17.7 Å². The Bertz CT molecular complexity index is 751. The number of aromatic nitrogens is 1. The summed E-state index contributed by atoms with van der Waals surface area (Å²) in [6.45, 7) is 1.49. The molecule has 148 valence electrons. The molecule has 1 aromatic carbocycles. The number of pyridine rings is 1. The average molecular weight is 525 g/mol. The maximum absolute atomic E-state index is 13.4. The fraction of sp³-hybridized carbons (Fsp3) is 0.333. The van der Waals surface area contributed by atoms with Gasteiger partial charge in [0.15, 0.2) is 5.96 Å². The quantitative estimate of drug-likeness (QED) is 0.236. The van der Waals surface area contributed by atoms with Crippen molar-refractivity contribution in [2.45, 2.75) is 12.3 Å². The van der Waals surface area contributed by atoms with Crippen molar-refractivity contribution in [3.63, 3.8) is 0 Å². The zero-order chi connectivity index (χ0) is 18.8. The van der Waals surface area contributed by atoms with Crippen LogP contribution in [0, 0.1) is 5.82 Å². The van der Waals surface area contributed by atoms with Gasteiger partial charge in [-0.05, 0) is 41.6 Å². The highest BCUT2D eigenvalue weighted by molar-refractivity contribution is 14.0. The van der Waals surface area contributed by atoms with Crippen molar-refractivity contribution in [1.82, 2.24) is 15.6 Å². The molecule has 0 aliphatic rings. The fourth-order valence-corrected chi connectivity index (χ4v) is 3.01. The van der Waals surface area contributed by atoms with Gasteiger partial charge in [-0.3, -0.25) is 4.99 Å². The molecule has 0 aliphatic heterocycles. The number of thioether (sulfide) groups is 1. The third kappa shape index (κ3) is 8.10. The molecule has 0 amide bonds. The van der Waals surface area contributed by atoms with E-state index in [2.05, 4.69) is 20.6 Å². The van der Waals surface area contributed by atoms with E-state index in [0.717, 1.165) is 16.9 Å². The van der Waals surface area contributed by atoms with Gasteiger partial charge in [-0.2, -0.15) is 11.8 Å². The van der Waals surface area contributed by atoms with Crippen LogP contribution in [0.2, 0.25) is 5.02 Å². The predicted octanol–water partition coefficient (Wildman–Crippen LogP) is 4.10. The molecule has 2 aromatic rings. The highest BCUT2D eigenvalue weighted by atomic mass is 127. The van der Waals surface area contributed by atoms with E-state index in [1.165, 1.54) is 6.07 Å². The van der Waals surface area contributed by atoms with Crippen LogP contribution in [0.1, 0.15) is 11.1 Å². The lowest BCUT2D eigenvalue weighted by Crippen LogP contribution is -2.39. The van der Waals surface area contributed by atoms with Gasteiger partial charge < -0.3 is 15.4 Å². The number of halogens is 3. The van der Waals surface area contributed by atoms with Gasteiger partial charge in [-0.15, -0.1) is 24.0 Å². The minimum Gasteiger partial charge on any atom is -0.475 e. The number of benzene rings is 1. The van der Waals surface area contributed by atoms with Gasteiger partial charge in [0.1, 0.15) is 17.4 Å². The molecule has 0 saturated carbocycles. The van der Waals surface area contributed by atoms with Gasteiger partial charge in [0.05, 0.1) is 6.54 Å². The molecule has 0 fully saturated rings. The number of aliphatic imine (C=N–C) groups is 1. The molecule has 2 N–H and O–H groups in total. The highest BCUT2D eigenvalue weighted by Gasteiger charge is 2.06. The number of guanidine groups is 1. The topological polar surface area (TPSA) is 58.5 Å². The van der Waals surface area contributed by atoms with Crippen molar-refractivity contribution >= 4 is 53.3 Å². The molecule has 0 saturated heterocycles. The largest absolute Gasteiger partial charge is 0.475 e. The number of hydrogen-bond donors (Lipinski definition) is 2. The Balaban J connectivity index is 0.00000364. The van der Waals surface area contributed by atoms with Crippen LogP contribution in [0.4, 0.5) is 4.39 Å². The molecule has 0 spiro atoms. The van der Waals surface area contributed by atoms with E-state index < -0.39 is 0 Å². The molecule has 0 unspecified atom stereocenters. The summed E-state index contributed by atoms with van der Waals surface area (Å²) in [5.74, 6) is 1.59. The molecule has 0 radical (unpaired) electrons. The van der Waals surface area contributed by atoms with Crippen molar-refractivity contribution < 1.29 is 9.13 Å². The normalized spacial score (nSPS) is 10.9. The summed E-state index contributed by atoms with van der Waals surface area (Å²) in [6.07, 6.45) is 3.63. The molecule has 5 nitrogen and oxygen atoms in total. The summed E-state index contributed by atoms with van der Waals surface area (Å²) < 4.78 is 18.9. The van der Waals surface area contributed by atoms with Gasteiger partial charge >= 0.3 is 0 Å². The van der Waals surface area contributed by atoms with E-state index in [1.807, 2.05) is 6.26 Å². The third-order valence-corrected chi connectivity index (χ3v) is 4.38. The lowest BCUT2D eigenvalue weighted by Gasteiger charge is -2.14. The van der Waals surface area contributed by atoms with Crippen LogP contribution in [0.15, 0.2) is 41.5 Å². The number of rotatable bonds is 8. The molecule has 27 heavy (non-hydrogen) atoms. The van der Waals surface area contributed by atoms with Crippen LogP contribution in [0.3, 0.4) is 0 Å². The minimum absolute atomic E-state index is 0. The second-order valence-electron chi connectivity index (χ2n) is 5.34. The van der Waals surface area contributed by atoms with Crippen molar-refractivity contribution in [2.75, 3.05) is 26.5 Å². The summed E-state index contributed by atoms with van der Waals surface area (Å²) in [5, 5.41) is 6.86. The second-order valence-corrected chi connectivity index (χ2v) is 6.61. The van der Waals surface area contributed by atoms with Crippen LogP contribution in [0.5, 0.6) is 5.88 Å². The zero-order valence-corrected chi connectivity index (χ0v) is 19.1. The number of nitrogens with one attached hydrogen (secondary N) is 2. The Labute approximate surface area is 185 Å². The molecule has 0 bridgehead atoms. The first-order valence-corrected chi connectivity index (χ1v) is 9.85. The first-order valence-electron chi connectivity index (χ1n) is 8.08. The Morgan fingerprint density at radius 1 is 1.30 bits per heavy atom. The van der Waals surface area contributed by atoms with E-state index in [0.29, 0.717) is 36.6 Å². The molecule has 2 rings (SSSR count). The predicted molar refractivity (Wildman–Crippen MR) is 122 cm³/mol. The Morgan fingerprint density at radius 3 is 2.81 bits per heavy atom. The van der Waals surface area contributed by atoms with Crippen molar-refractivity contribution in [3.05, 3.63) is 58.5 Å². The first-order chi connectivity index (χ1) is 12.6. The van der Waals surface area contributed by atoms with Crippen LogP contribution in [-0.4, -0.2) is 37.4 Å². The highest BCUT2D eigenvalue weighted by Crippen LogP contribution is 2.19. The maximum Gasteiger partial charge on any atom is 0.232 e. The maximum atomic E-state index is 13.4. The Morgan fingerprint density at radius 2 is 2.11 bits per heavy atom. The number of hydrogen-bond acceptors (Lipinski definition) is 4. The van der Waals surface area contributed by atoms with Gasteiger partial charge in [0.25, 0.3) is 0 Å². The lowest BCUT2D eigenvalue weighted by molar-refractivity contribution is 0.310. The van der Waals surface area contributed by atoms with Crippen LogP contribution >= 0.6 is 47.3 Å². The van der Waals surface area contributed by atoms with Crippen LogP contribution in [0.25, 0.3) is 0 Å². The molecule has 1 heterocycles. The van der Waals surface area contributed by atoms with Crippen molar-refractivity contribution in [1.29, 1.82) is 0 Å². The van der Waals surface area contributed by atoms with E-state index in [-0.39, 0.29) is 29.8 Å². The number of ether oxygens (including phenoxy) is 1. The molecular formula is C18H23ClFIN4OS. The first kappa shape index (κ1) is 23.8. The minimum atomic E-state index is -0.217.